The molecule has 1 heterocycles. The summed E-state index contributed by atoms with van der Waals surface area (Å²) in [7, 11) is 0. The van der Waals surface area contributed by atoms with E-state index in [0.29, 0.717) is 23.8 Å². The monoisotopic (exact) mass is 419 g/mol. The zero-order chi connectivity index (χ0) is 20.9. The first-order chi connectivity index (χ1) is 14.6. The van der Waals surface area contributed by atoms with Gasteiger partial charge in [0.05, 0.1) is 23.9 Å². The lowest BCUT2D eigenvalue weighted by molar-refractivity contribution is -0.114. The number of nitrogens with zero attached hydrogens (tertiary/aromatic N) is 4. The summed E-state index contributed by atoms with van der Waals surface area (Å²) in [5.41, 5.74) is 2.29. The van der Waals surface area contributed by atoms with Crippen LogP contribution in [0.2, 0.25) is 0 Å². The number of thioether (sulfide) groups is 1. The molecule has 1 aliphatic carbocycles. The van der Waals surface area contributed by atoms with Gasteiger partial charge in [0.2, 0.25) is 5.91 Å². The Morgan fingerprint density at radius 1 is 1.27 bits per heavy atom. The van der Waals surface area contributed by atoms with Crippen molar-refractivity contribution in [1.29, 1.82) is 5.26 Å². The largest absolute Gasteiger partial charge is 0.493 e. The molecule has 3 aromatic rings. The number of amides is 1. The van der Waals surface area contributed by atoms with E-state index in [-0.39, 0.29) is 5.91 Å². The quantitative estimate of drug-likeness (QED) is 0.436. The molecule has 0 spiro atoms. The lowest BCUT2D eigenvalue weighted by atomic mass is 10.2. The zero-order valence-corrected chi connectivity index (χ0v) is 17.4. The molecule has 1 amide bonds. The lowest BCUT2D eigenvalue weighted by Crippen LogP contribution is -2.08. The highest BCUT2D eigenvalue weighted by atomic mass is 32.2. The maximum atomic E-state index is 11.4. The third kappa shape index (κ3) is 4.81. The van der Waals surface area contributed by atoms with Gasteiger partial charge in [0.25, 0.3) is 0 Å². The molecule has 152 valence electrons. The van der Waals surface area contributed by atoms with E-state index >= 15 is 0 Å². The molecular weight excluding hydrogens is 398 g/mol. The SMILES string of the molecule is CC(=O)Nc1cccc(-n2c(SCCOc3ccc(C#N)cc3)nnc2C2CC2)c1. The van der Waals surface area contributed by atoms with Crippen molar-refractivity contribution in [2.45, 2.75) is 30.8 Å². The van der Waals surface area contributed by atoms with Crippen molar-refractivity contribution in [2.24, 2.45) is 0 Å². The highest BCUT2D eigenvalue weighted by Gasteiger charge is 2.31. The highest BCUT2D eigenvalue weighted by molar-refractivity contribution is 7.99. The predicted molar refractivity (Wildman–Crippen MR) is 115 cm³/mol. The summed E-state index contributed by atoms with van der Waals surface area (Å²) in [6, 6.07) is 16.9. The number of hydrogen-bond acceptors (Lipinski definition) is 6. The van der Waals surface area contributed by atoms with E-state index < -0.39 is 0 Å². The van der Waals surface area contributed by atoms with E-state index in [4.69, 9.17) is 10.00 Å². The number of carbonyl (C=O) groups excluding carboxylic acids is 1. The summed E-state index contributed by atoms with van der Waals surface area (Å²) in [4.78, 5) is 11.4. The number of nitrogens with one attached hydrogen (secondary N) is 1. The van der Waals surface area contributed by atoms with Gasteiger partial charge in [-0.1, -0.05) is 17.8 Å². The van der Waals surface area contributed by atoms with E-state index in [2.05, 4.69) is 26.2 Å². The lowest BCUT2D eigenvalue weighted by Gasteiger charge is -2.12. The molecule has 1 saturated carbocycles. The van der Waals surface area contributed by atoms with Crippen molar-refractivity contribution in [2.75, 3.05) is 17.7 Å². The molecule has 0 radical (unpaired) electrons. The molecule has 0 saturated heterocycles. The van der Waals surface area contributed by atoms with Crippen LogP contribution in [-0.2, 0) is 4.79 Å². The number of nitriles is 1. The van der Waals surface area contributed by atoms with Crippen molar-refractivity contribution in [1.82, 2.24) is 14.8 Å². The van der Waals surface area contributed by atoms with E-state index in [0.717, 1.165) is 40.9 Å². The Labute approximate surface area is 179 Å². The summed E-state index contributed by atoms with van der Waals surface area (Å²) < 4.78 is 7.85. The van der Waals surface area contributed by atoms with Crippen LogP contribution >= 0.6 is 11.8 Å². The molecule has 0 atom stereocenters. The van der Waals surface area contributed by atoms with Gasteiger partial charge in [0.1, 0.15) is 11.6 Å². The summed E-state index contributed by atoms with van der Waals surface area (Å²) in [5.74, 6) is 2.73. The van der Waals surface area contributed by atoms with Gasteiger partial charge in [-0.15, -0.1) is 10.2 Å². The van der Waals surface area contributed by atoms with Crippen molar-refractivity contribution in [3.8, 4) is 17.5 Å². The van der Waals surface area contributed by atoms with Crippen molar-refractivity contribution in [3.63, 3.8) is 0 Å². The van der Waals surface area contributed by atoms with Crippen LogP contribution in [0.3, 0.4) is 0 Å². The van der Waals surface area contributed by atoms with Gasteiger partial charge in [-0.3, -0.25) is 9.36 Å². The number of rotatable bonds is 8. The van der Waals surface area contributed by atoms with Crippen LogP contribution in [0.1, 0.15) is 37.1 Å². The van der Waals surface area contributed by atoms with Crippen LogP contribution in [0.5, 0.6) is 5.75 Å². The van der Waals surface area contributed by atoms with E-state index in [9.17, 15) is 4.79 Å². The minimum atomic E-state index is -0.104. The van der Waals surface area contributed by atoms with Gasteiger partial charge >= 0.3 is 0 Å². The zero-order valence-electron chi connectivity index (χ0n) is 16.5. The second kappa shape index (κ2) is 9.01. The standard InChI is InChI=1S/C22H21N5O2S/c1-15(28)24-18-3-2-4-19(13-18)27-21(17-7-8-17)25-26-22(27)30-12-11-29-20-9-5-16(14-23)6-10-20/h2-6,9-10,13,17H,7-8,11-12H2,1H3,(H,24,28). The van der Waals surface area contributed by atoms with Gasteiger partial charge < -0.3 is 10.1 Å². The van der Waals surface area contributed by atoms with Gasteiger partial charge in [-0.05, 0) is 55.3 Å². The Morgan fingerprint density at radius 2 is 2.07 bits per heavy atom. The second-order valence-electron chi connectivity index (χ2n) is 7.02. The fourth-order valence-electron chi connectivity index (χ4n) is 3.07. The number of ether oxygens (including phenoxy) is 1. The molecule has 1 aliphatic rings. The first kappa shape index (κ1) is 20.0. The van der Waals surface area contributed by atoms with Crippen LogP contribution in [0.15, 0.2) is 53.7 Å². The average molecular weight is 420 g/mol. The Morgan fingerprint density at radius 3 is 2.77 bits per heavy atom. The Kier molecular flexibility index (Phi) is 6.00. The van der Waals surface area contributed by atoms with Crippen LogP contribution in [0.4, 0.5) is 5.69 Å². The van der Waals surface area contributed by atoms with Crippen molar-refractivity contribution < 1.29 is 9.53 Å². The summed E-state index contributed by atoms with van der Waals surface area (Å²) in [6.45, 7) is 2.00. The predicted octanol–water partition coefficient (Wildman–Crippen LogP) is 4.15. The molecular formula is C22H21N5O2S. The van der Waals surface area contributed by atoms with Crippen LogP contribution < -0.4 is 10.1 Å². The molecule has 30 heavy (non-hydrogen) atoms. The van der Waals surface area contributed by atoms with Gasteiger partial charge in [0.15, 0.2) is 5.16 Å². The van der Waals surface area contributed by atoms with E-state index in [1.807, 2.05) is 24.3 Å². The number of benzene rings is 2. The fourth-order valence-corrected chi connectivity index (χ4v) is 3.84. The smallest absolute Gasteiger partial charge is 0.221 e. The van der Waals surface area contributed by atoms with Gasteiger partial charge in [-0.2, -0.15) is 5.26 Å². The van der Waals surface area contributed by atoms with Crippen LogP contribution in [0, 0.1) is 11.3 Å². The van der Waals surface area contributed by atoms with Crippen molar-refractivity contribution in [3.05, 3.63) is 59.9 Å². The first-order valence-electron chi connectivity index (χ1n) is 9.73. The third-order valence-corrected chi connectivity index (χ3v) is 5.49. The average Bonchev–Trinajstić information content (AvgIpc) is 3.51. The molecule has 4 rings (SSSR count). The number of carbonyl (C=O) groups is 1. The topological polar surface area (TPSA) is 92.8 Å². The molecule has 0 bridgehead atoms. The summed E-state index contributed by atoms with van der Waals surface area (Å²) in [6.07, 6.45) is 2.24. The van der Waals surface area contributed by atoms with Crippen LogP contribution in [-0.4, -0.2) is 33.0 Å². The summed E-state index contributed by atoms with van der Waals surface area (Å²) in [5, 5.41) is 21.3. The molecule has 1 N–H and O–H groups in total. The minimum Gasteiger partial charge on any atom is -0.493 e. The Balaban J connectivity index is 1.46. The summed E-state index contributed by atoms with van der Waals surface area (Å²) >= 11 is 1.58. The fraction of sp³-hybridized carbons (Fsp3) is 0.273. The van der Waals surface area contributed by atoms with E-state index in [1.54, 1.807) is 36.0 Å². The third-order valence-electron chi connectivity index (χ3n) is 4.59. The Bertz CT molecular complexity index is 1080. The highest BCUT2D eigenvalue weighted by Crippen LogP contribution is 2.41. The second-order valence-corrected chi connectivity index (χ2v) is 8.08. The van der Waals surface area contributed by atoms with Crippen LogP contribution in [0.25, 0.3) is 5.69 Å². The number of hydrogen-bond donors (Lipinski definition) is 1. The maximum absolute atomic E-state index is 11.4. The molecule has 1 aromatic heterocycles. The molecule has 0 aliphatic heterocycles. The maximum Gasteiger partial charge on any atom is 0.221 e. The molecule has 2 aromatic carbocycles. The number of anilines is 1. The number of aromatic nitrogens is 3. The minimum absolute atomic E-state index is 0.104. The van der Waals surface area contributed by atoms with Gasteiger partial charge in [0, 0.05) is 24.3 Å². The molecule has 7 nitrogen and oxygen atoms in total. The van der Waals surface area contributed by atoms with Gasteiger partial charge in [-0.25, -0.2) is 0 Å². The normalized spacial score (nSPS) is 12.9. The first-order valence-corrected chi connectivity index (χ1v) is 10.7. The van der Waals surface area contributed by atoms with Crippen molar-refractivity contribution >= 4 is 23.4 Å². The molecule has 1 fully saturated rings. The molecule has 8 heteroatoms. The van der Waals surface area contributed by atoms with E-state index in [1.165, 1.54) is 6.92 Å². The molecule has 0 unspecified atom stereocenters. The Hall–Kier alpha value is -3.31.